The number of hydrogen-bond donors (Lipinski definition) is 2. The van der Waals surface area contributed by atoms with Crippen molar-refractivity contribution in [2.75, 3.05) is 26.7 Å². The number of rotatable bonds is 8. The first kappa shape index (κ1) is 21.2. The van der Waals surface area contributed by atoms with Crippen LogP contribution in [0.25, 0.3) is 0 Å². The molecule has 0 saturated heterocycles. The quantitative estimate of drug-likeness (QED) is 0.366. The Morgan fingerprint density at radius 2 is 1.88 bits per heavy atom. The lowest BCUT2D eigenvalue weighted by atomic mass is 10.1. The zero-order valence-electron chi connectivity index (χ0n) is 14.9. The molecule has 0 atom stereocenters. The molecule has 2 N–H and O–H groups in total. The number of nitrogens with one attached hydrogen (secondary N) is 2. The van der Waals surface area contributed by atoms with Gasteiger partial charge < -0.3 is 15.4 Å². The van der Waals surface area contributed by atoms with E-state index < -0.39 is 0 Å². The highest BCUT2D eigenvalue weighted by Gasteiger charge is 1.99. The number of guanidine groups is 1. The molecule has 2 aromatic rings. The number of ether oxygens (including phenoxy) is 1. The van der Waals surface area contributed by atoms with Gasteiger partial charge in [0.25, 0.3) is 0 Å². The van der Waals surface area contributed by atoms with Gasteiger partial charge in [-0.05, 0) is 49.1 Å². The number of benzene rings is 1. The fourth-order valence-corrected chi connectivity index (χ4v) is 2.30. The van der Waals surface area contributed by atoms with Crippen LogP contribution in [0.5, 0.6) is 5.75 Å². The highest BCUT2D eigenvalue weighted by molar-refractivity contribution is 14.0. The maximum Gasteiger partial charge on any atom is 0.191 e. The van der Waals surface area contributed by atoms with E-state index in [-0.39, 0.29) is 24.0 Å². The largest absolute Gasteiger partial charge is 0.497 e. The van der Waals surface area contributed by atoms with Gasteiger partial charge in [0.05, 0.1) is 7.11 Å². The number of halogens is 1. The molecule has 0 spiro atoms. The Kier molecular flexibility index (Phi) is 10.6. The van der Waals surface area contributed by atoms with E-state index in [1.54, 1.807) is 13.3 Å². The van der Waals surface area contributed by atoms with Crippen LogP contribution in [0.1, 0.15) is 18.1 Å². The van der Waals surface area contributed by atoms with E-state index in [0.717, 1.165) is 44.2 Å². The smallest absolute Gasteiger partial charge is 0.191 e. The van der Waals surface area contributed by atoms with E-state index in [9.17, 15) is 0 Å². The third kappa shape index (κ3) is 8.20. The summed E-state index contributed by atoms with van der Waals surface area (Å²) in [6.45, 7) is 4.50. The van der Waals surface area contributed by atoms with Gasteiger partial charge in [0.1, 0.15) is 5.75 Å². The van der Waals surface area contributed by atoms with Gasteiger partial charge in [0.2, 0.25) is 0 Å². The fourth-order valence-electron chi connectivity index (χ4n) is 2.30. The van der Waals surface area contributed by atoms with Gasteiger partial charge in [-0.15, -0.1) is 24.0 Å². The summed E-state index contributed by atoms with van der Waals surface area (Å²) in [7, 11) is 1.68. The molecule has 1 heterocycles. The van der Waals surface area contributed by atoms with Crippen molar-refractivity contribution in [1.29, 1.82) is 0 Å². The Labute approximate surface area is 167 Å². The Morgan fingerprint density at radius 1 is 1.08 bits per heavy atom. The second kappa shape index (κ2) is 12.5. The van der Waals surface area contributed by atoms with Crippen molar-refractivity contribution >= 4 is 29.9 Å². The Morgan fingerprint density at radius 3 is 2.52 bits per heavy atom. The van der Waals surface area contributed by atoms with E-state index >= 15 is 0 Å². The van der Waals surface area contributed by atoms with Crippen LogP contribution in [-0.2, 0) is 12.8 Å². The maximum absolute atomic E-state index is 5.17. The monoisotopic (exact) mass is 454 g/mol. The van der Waals surface area contributed by atoms with Crippen LogP contribution in [0, 0.1) is 0 Å². The SMILES string of the molecule is CCNC(=NCCc1ccc(OC)cc1)NCCc1cccnc1.I. The van der Waals surface area contributed by atoms with Gasteiger partial charge in [0.15, 0.2) is 5.96 Å². The van der Waals surface area contributed by atoms with Gasteiger partial charge in [-0.1, -0.05) is 18.2 Å². The number of pyridine rings is 1. The summed E-state index contributed by atoms with van der Waals surface area (Å²) < 4.78 is 5.17. The Balaban J connectivity index is 0.00000312. The standard InChI is InChI=1S/C19H26N4O.HI/c1-3-21-19(23-14-11-17-5-4-12-20-15-17)22-13-10-16-6-8-18(24-2)9-7-16;/h4-9,12,15H,3,10-11,13-14H2,1-2H3,(H2,21,22,23);1H. The Bertz CT molecular complexity index is 617. The maximum atomic E-state index is 5.17. The summed E-state index contributed by atoms with van der Waals surface area (Å²) in [6, 6.07) is 12.2. The Hall–Kier alpha value is -1.83. The molecule has 6 heteroatoms. The van der Waals surface area contributed by atoms with Crippen LogP contribution in [0.3, 0.4) is 0 Å². The molecule has 1 aromatic carbocycles. The van der Waals surface area contributed by atoms with E-state index in [2.05, 4.69) is 45.7 Å². The minimum Gasteiger partial charge on any atom is -0.497 e. The third-order valence-electron chi connectivity index (χ3n) is 3.60. The zero-order chi connectivity index (χ0) is 17.0. The first-order chi connectivity index (χ1) is 11.8. The van der Waals surface area contributed by atoms with Crippen LogP contribution in [0.4, 0.5) is 0 Å². The number of nitrogens with zero attached hydrogens (tertiary/aromatic N) is 2. The van der Waals surface area contributed by atoms with E-state index in [1.165, 1.54) is 11.1 Å². The first-order valence-corrected chi connectivity index (χ1v) is 8.36. The van der Waals surface area contributed by atoms with Crippen molar-refractivity contribution < 1.29 is 4.74 Å². The summed E-state index contributed by atoms with van der Waals surface area (Å²) in [4.78, 5) is 8.76. The molecular weight excluding hydrogens is 427 g/mol. The van der Waals surface area contributed by atoms with Crippen LogP contribution < -0.4 is 15.4 Å². The fraction of sp³-hybridized carbons (Fsp3) is 0.368. The second-order valence-electron chi connectivity index (χ2n) is 5.40. The van der Waals surface area contributed by atoms with Gasteiger partial charge in [-0.3, -0.25) is 9.98 Å². The predicted molar refractivity (Wildman–Crippen MR) is 114 cm³/mol. The average Bonchev–Trinajstić information content (AvgIpc) is 2.63. The molecule has 0 bridgehead atoms. The van der Waals surface area contributed by atoms with Gasteiger partial charge in [0, 0.05) is 32.0 Å². The molecule has 0 saturated carbocycles. The van der Waals surface area contributed by atoms with E-state index in [1.807, 2.05) is 24.4 Å². The lowest BCUT2D eigenvalue weighted by molar-refractivity contribution is 0.414. The first-order valence-electron chi connectivity index (χ1n) is 8.36. The highest BCUT2D eigenvalue weighted by atomic mass is 127. The zero-order valence-corrected chi connectivity index (χ0v) is 17.2. The number of methoxy groups -OCH3 is 1. The van der Waals surface area contributed by atoms with Crippen LogP contribution in [0.2, 0.25) is 0 Å². The minimum atomic E-state index is 0. The summed E-state index contributed by atoms with van der Waals surface area (Å²) >= 11 is 0. The number of aromatic nitrogens is 1. The third-order valence-corrected chi connectivity index (χ3v) is 3.60. The molecule has 0 aliphatic carbocycles. The van der Waals surface area contributed by atoms with Crippen molar-refractivity contribution in [1.82, 2.24) is 15.6 Å². The van der Waals surface area contributed by atoms with Crippen molar-refractivity contribution in [3.63, 3.8) is 0 Å². The molecule has 0 aliphatic heterocycles. The molecule has 0 fully saturated rings. The molecular formula is C19H27IN4O. The lowest BCUT2D eigenvalue weighted by Crippen LogP contribution is -2.38. The summed E-state index contributed by atoms with van der Waals surface area (Å²) in [5.41, 5.74) is 2.48. The number of hydrogen-bond acceptors (Lipinski definition) is 3. The lowest BCUT2D eigenvalue weighted by Gasteiger charge is -2.11. The molecule has 0 aliphatic rings. The topological polar surface area (TPSA) is 58.5 Å². The van der Waals surface area contributed by atoms with Gasteiger partial charge in [-0.2, -0.15) is 0 Å². The van der Waals surface area contributed by atoms with Crippen LogP contribution >= 0.6 is 24.0 Å². The molecule has 0 amide bonds. The van der Waals surface area contributed by atoms with Crippen molar-refractivity contribution in [2.45, 2.75) is 19.8 Å². The van der Waals surface area contributed by atoms with E-state index in [4.69, 9.17) is 4.74 Å². The molecule has 136 valence electrons. The summed E-state index contributed by atoms with van der Waals surface area (Å²) in [6.07, 6.45) is 5.52. The molecule has 0 radical (unpaired) electrons. The summed E-state index contributed by atoms with van der Waals surface area (Å²) in [5.74, 6) is 1.74. The molecule has 25 heavy (non-hydrogen) atoms. The molecule has 0 unspecified atom stereocenters. The van der Waals surface area contributed by atoms with Crippen LogP contribution in [0.15, 0.2) is 53.8 Å². The normalized spacial score (nSPS) is 10.7. The number of aliphatic imine (C=N–C) groups is 1. The second-order valence-corrected chi connectivity index (χ2v) is 5.40. The van der Waals surface area contributed by atoms with Crippen molar-refractivity contribution in [3.8, 4) is 5.75 Å². The summed E-state index contributed by atoms with van der Waals surface area (Å²) in [5, 5.41) is 6.64. The van der Waals surface area contributed by atoms with Gasteiger partial charge in [-0.25, -0.2) is 0 Å². The minimum absolute atomic E-state index is 0. The van der Waals surface area contributed by atoms with Gasteiger partial charge >= 0.3 is 0 Å². The van der Waals surface area contributed by atoms with Crippen LogP contribution in [-0.4, -0.2) is 37.7 Å². The molecule has 2 rings (SSSR count). The average molecular weight is 454 g/mol. The predicted octanol–water partition coefficient (Wildman–Crippen LogP) is 3.05. The highest BCUT2D eigenvalue weighted by Crippen LogP contribution is 2.11. The van der Waals surface area contributed by atoms with Crippen molar-refractivity contribution in [3.05, 3.63) is 59.9 Å². The van der Waals surface area contributed by atoms with E-state index in [0.29, 0.717) is 0 Å². The molecule has 1 aromatic heterocycles. The molecule has 5 nitrogen and oxygen atoms in total. The van der Waals surface area contributed by atoms with Crippen molar-refractivity contribution in [2.24, 2.45) is 4.99 Å².